The highest BCUT2D eigenvalue weighted by Crippen LogP contribution is 2.22. The number of oxazole rings is 1. The van der Waals surface area contributed by atoms with Crippen molar-refractivity contribution >= 4 is 28.8 Å². The summed E-state index contributed by atoms with van der Waals surface area (Å²) in [7, 11) is 0. The van der Waals surface area contributed by atoms with Crippen molar-refractivity contribution in [3.63, 3.8) is 0 Å². The first kappa shape index (κ1) is 14.6. The van der Waals surface area contributed by atoms with Gasteiger partial charge in [-0.05, 0) is 23.1 Å². The number of hydrogen-bond acceptors (Lipinski definition) is 5. The maximum atomic E-state index is 9.17. The fourth-order valence-electron chi connectivity index (χ4n) is 2.02. The van der Waals surface area contributed by atoms with Crippen molar-refractivity contribution in [3.8, 4) is 6.07 Å². The first-order valence-corrected chi connectivity index (χ1v) is 7.91. The Morgan fingerprint density at radius 2 is 2.14 bits per heavy atom. The van der Waals surface area contributed by atoms with Crippen LogP contribution in [0.3, 0.4) is 0 Å². The normalized spacial score (nSPS) is 10.4. The molecular formula is C16H12ClN3OS. The van der Waals surface area contributed by atoms with E-state index in [1.807, 2.05) is 47.8 Å². The Morgan fingerprint density at radius 1 is 1.27 bits per heavy atom. The fraction of sp³-hybridized carbons (Fsp3) is 0.125. The summed E-state index contributed by atoms with van der Waals surface area (Å²) in [4.78, 5) is 5.36. The van der Waals surface area contributed by atoms with Crippen LogP contribution in [0.15, 0.2) is 46.2 Å². The number of hydrogen-bond donors (Lipinski definition) is 1. The van der Waals surface area contributed by atoms with Gasteiger partial charge in [-0.1, -0.05) is 35.9 Å². The Morgan fingerprint density at radius 3 is 2.86 bits per heavy atom. The van der Waals surface area contributed by atoms with Crippen molar-refractivity contribution in [3.05, 3.63) is 68.8 Å². The molecule has 22 heavy (non-hydrogen) atoms. The SMILES string of the molecule is N#Cc1nc(Cc2cccs2)oc1NCc1ccccc1Cl. The molecule has 4 nitrogen and oxygen atoms in total. The van der Waals surface area contributed by atoms with Crippen molar-refractivity contribution in [2.24, 2.45) is 0 Å². The molecule has 0 bridgehead atoms. The molecule has 3 rings (SSSR count). The number of nitrogens with one attached hydrogen (secondary N) is 1. The molecule has 6 heteroatoms. The van der Waals surface area contributed by atoms with Gasteiger partial charge in [0.2, 0.25) is 17.5 Å². The Bertz CT molecular complexity index is 805. The minimum absolute atomic E-state index is 0.263. The Balaban J connectivity index is 1.74. The van der Waals surface area contributed by atoms with E-state index in [1.54, 1.807) is 11.3 Å². The molecule has 0 spiro atoms. The van der Waals surface area contributed by atoms with Gasteiger partial charge in [0, 0.05) is 16.4 Å². The van der Waals surface area contributed by atoms with Crippen LogP contribution in [0.1, 0.15) is 22.0 Å². The predicted molar refractivity (Wildman–Crippen MR) is 87.1 cm³/mol. The van der Waals surface area contributed by atoms with E-state index >= 15 is 0 Å². The van der Waals surface area contributed by atoms with Crippen molar-refractivity contribution in [1.82, 2.24) is 4.98 Å². The summed E-state index contributed by atoms with van der Waals surface area (Å²) in [6, 6.07) is 13.6. The highest BCUT2D eigenvalue weighted by atomic mass is 35.5. The second-order valence-corrected chi connectivity index (χ2v) is 6.04. The monoisotopic (exact) mass is 329 g/mol. The third-order valence-corrected chi connectivity index (χ3v) is 4.33. The highest BCUT2D eigenvalue weighted by Gasteiger charge is 2.14. The second-order valence-electron chi connectivity index (χ2n) is 4.60. The minimum Gasteiger partial charge on any atom is -0.423 e. The van der Waals surface area contributed by atoms with E-state index < -0.39 is 0 Å². The van der Waals surface area contributed by atoms with Crippen molar-refractivity contribution < 1.29 is 4.42 Å². The van der Waals surface area contributed by atoms with E-state index in [2.05, 4.69) is 10.3 Å². The van der Waals surface area contributed by atoms with Crippen molar-refractivity contribution in [2.75, 3.05) is 5.32 Å². The van der Waals surface area contributed by atoms with Gasteiger partial charge in [-0.15, -0.1) is 11.3 Å². The molecule has 0 aliphatic carbocycles. The van der Waals surface area contributed by atoms with Crippen LogP contribution in [0.2, 0.25) is 5.02 Å². The number of aromatic nitrogens is 1. The lowest BCUT2D eigenvalue weighted by molar-refractivity contribution is 0.518. The van der Waals surface area contributed by atoms with Gasteiger partial charge in [-0.3, -0.25) is 0 Å². The number of nitrogens with zero attached hydrogens (tertiary/aromatic N) is 2. The molecule has 0 aliphatic heterocycles. The maximum Gasteiger partial charge on any atom is 0.232 e. The van der Waals surface area contributed by atoms with Crippen molar-refractivity contribution in [2.45, 2.75) is 13.0 Å². The summed E-state index contributed by atoms with van der Waals surface area (Å²) in [5, 5.41) is 14.9. The number of thiophene rings is 1. The second kappa shape index (κ2) is 6.65. The lowest BCUT2D eigenvalue weighted by atomic mass is 10.2. The molecule has 0 amide bonds. The van der Waals surface area contributed by atoms with Crippen LogP contribution >= 0.6 is 22.9 Å². The lowest BCUT2D eigenvalue weighted by Gasteiger charge is -2.04. The molecule has 0 atom stereocenters. The average molecular weight is 330 g/mol. The minimum atomic E-state index is 0.263. The largest absolute Gasteiger partial charge is 0.423 e. The van der Waals surface area contributed by atoms with Crippen LogP contribution in [0.4, 0.5) is 5.88 Å². The summed E-state index contributed by atoms with van der Waals surface area (Å²) >= 11 is 7.75. The van der Waals surface area contributed by atoms with Crippen LogP contribution in [0, 0.1) is 11.3 Å². The van der Waals surface area contributed by atoms with E-state index in [0.717, 1.165) is 10.4 Å². The quantitative estimate of drug-likeness (QED) is 0.750. The zero-order chi connectivity index (χ0) is 15.4. The molecule has 2 aromatic heterocycles. The summed E-state index contributed by atoms with van der Waals surface area (Å²) in [5.41, 5.74) is 1.20. The molecule has 0 saturated heterocycles. The van der Waals surface area contributed by atoms with Gasteiger partial charge < -0.3 is 9.73 Å². The van der Waals surface area contributed by atoms with Gasteiger partial charge in [-0.25, -0.2) is 4.98 Å². The first-order chi connectivity index (χ1) is 10.8. The zero-order valence-electron chi connectivity index (χ0n) is 11.5. The molecule has 0 radical (unpaired) electrons. The van der Waals surface area contributed by atoms with Gasteiger partial charge in [0.1, 0.15) is 6.07 Å². The van der Waals surface area contributed by atoms with Gasteiger partial charge >= 0.3 is 0 Å². The standard InChI is InChI=1S/C16H12ClN3OS/c17-13-6-2-1-4-11(13)10-19-16-14(9-18)20-15(21-16)8-12-5-3-7-22-12/h1-7,19H,8,10H2. The third kappa shape index (κ3) is 3.30. The van der Waals surface area contributed by atoms with E-state index in [4.69, 9.17) is 16.0 Å². The van der Waals surface area contributed by atoms with Crippen LogP contribution in [0.5, 0.6) is 0 Å². The first-order valence-electron chi connectivity index (χ1n) is 6.65. The topological polar surface area (TPSA) is 61.9 Å². The Labute approximate surface area is 137 Å². The van der Waals surface area contributed by atoms with E-state index in [9.17, 15) is 5.26 Å². The number of halogens is 1. The highest BCUT2D eigenvalue weighted by molar-refractivity contribution is 7.09. The lowest BCUT2D eigenvalue weighted by Crippen LogP contribution is -2.00. The van der Waals surface area contributed by atoms with Crippen molar-refractivity contribution in [1.29, 1.82) is 5.26 Å². The van der Waals surface area contributed by atoms with E-state index in [1.165, 1.54) is 0 Å². The predicted octanol–water partition coefficient (Wildman–Crippen LogP) is 4.46. The summed E-state index contributed by atoms with van der Waals surface area (Å²) in [6.45, 7) is 0.474. The summed E-state index contributed by atoms with van der Waals surface area (Å²) in [6.07, 6.45) is 0.583. The number of benzene rings is 1. The van der Waals surface area contributed by atoms with Crippen LogP contribution in [-0.4, -0.2) is 4.98 Å². The zero-order valence-corrected chi connectivity index (χ0v) is 13.1. The average Bonchev–Trinajstić information content (AvgIpc) is 3.16. The number of anilines is 1. The number of rotatable bonds is 5. The van der Waals surface area contributed by atoms with Gasteiger partial charge in [0.15, 0.2) is 0 Å². The molecule has 2 heterocycles. The molecule has 0 fully saturated rings. The van der Waals surface area contributed by atoms with Crippen LogP contribution in [0.25, 0.3) is 0 Å². The number of nitriles is 1. The molecular weight excluding hydrogens is 318 g/mol. The molecule has 110 valence electrons. The van der Waals surface area contributed by atoms with Crippen LogP contribution in [-0.2, 0) is 13.0 Å². The Kier molecular flexibility index (Phi) is 4.42. The maximum absolute atomic E-state index is 9.17. The molecule has 0 aliphatic rings. The van der Waals surface area contributed by atoms with Gasteiger partial charge in [0.25, 0.3) is 0 Å². The fourth-order valence-corrected chi connectivity index (χ4v) is 2.91. The smallest absolute Gasteiger partial charge is 0.232 e. The molecule has 0 unspecified atom stereocenters. The molecule has 0 saturated carbocycles. The summed E-state index contributed by atoms with van der Waals surface area (Å²) in [5.74, 6) is 0.912. The van der Waals surface area contributed by atoms with Gasteiger partial charge in [-0.2, -0.15) is 5.26 Å². The molecule has 1 N–H and O–H groups in total. The van der Waals surface area contributed by atoms with E-state index in [0.29, 0.717) is 29.8 Å². The van der Waals surface area contributed by atoms with Gasteiger partial charge in [0.05, 0.1) is 6.42 Å². The Hall–Kier alpha value is -2.29. The molecule has 3 aromatic rings. The summed E-state index contributed by atoms with van der Waals surface area (Å²) < 4.78 is 5.66. The van der Waals surface area contributed by atoms with E-state index in [-0.39, 0.29) is 5.69 Å². The third-order valence-electron chi connectivity index (χ3n) is 3.08. The van der Waals surface area contributed by atoms with Crippen LogP contribution < -0.4 is 5.32 Å². The molecule has 1 aromatic carbocycles.